The van der Waals surface area contributed by atoms with Crippen LogP contribution in [0.5, 0.6) is 0 Å². The Morgan fingerprint density at radius 1 is 1.50 bits per heavy atom. The van der Waals surface area contributed by atoms with Crippen molar-refractivity contribution in [2.75, 3.05) is 0 Å². The molecule has 0 spiro atoms. The van der Waals surface area contributed by atoms with Gasteiger partial charge in [0, 0.05) is 28.8 Å². The predicted octanol–water partition coefficient (Wildman–Crippen LogP) is 2.87. The first-order valence-electron chi connectivity index (χ1n) is 5.67. The van der Waals surface area contributed by atoms with Gasteiger partial charge in [-0.3, -0.25) is 4.68 Å². The summed E-state index contributed by atoms with van der Waals surface area (Å²) >= 11 is 3.34. The average molecular weight is 312 g/mol. The first kappa shape index (κ1) is 13.2. The maximum Gasteiger partial charge on any atom is 0.126 e. The minimum atomic E-state index is -0.248. The van der Waals surface area contributed by atoms with Crippen molar-refractivity contribution in [2.24, 2.45) is 12.8 Å². The Morgan fingerprint density at radius 3 is 2.83 bits per heavy atom. The lowest BCUT2D eigenvalue weighted by atomic mass is 10.00. The fourth-order valence-electron chi connectivity index (χ4n) is 1.93. The summed E-state index contributed by atoms with van der Waals surface area (Å²) in [5.74, 6) is -0.227. The van der Waals surface area contributed by atoms with Crippen LogP contribution in [0.1, 0.15) is 22.9 Å². The van der Waals surface area contributed by atoms with E-state index >= 15 is 0 Å². The molecular formula is C13H15BrFN3. The zero-order valence-electron chi connectivity index (χ0n) is 10.3. The molecule has 0 aliphatic carbocycles. The van der Waals surface area contributed by atoms with E-state index in [1.54, 1.807) is 23.0 Å². The summed E-state index contributed by atoms with van der Waals surface area (Å²) in [7, 11) is 1.87. The zero-order valence-corrected chi connectivity index (χ0v) is 11.9. The molecule has 2 N–H and O–H groups in total. The molecule has 3 nitrogen and oxygen atoms in total. The summed E-state index contributed by atoms with van der Waals surface area (Å²) in [6, 6.07) is 4.64. The Morgan fingerprint density at radius 2 is 2.22 bits per heavy atom. The van der Waals surface area contributed by atoms with Crippen molar-refractivity contribution in [1.29, 1.82) is 0 Å². The number of benzene rings is 1. The van der Waals surface area contributed by atoms with E-state index in [-0.39, 0.29) is 11.9 Å². The van der Waals surface area contributed by atoms with Crippen LogP contribution in [0, 0.1) is 12.7 Å². The van der Waals surface area contributed by atoms with Crippen molar-refractivity contribution in [3.8, 4) is 0 Å². The van der Waals surface area contributed by atoms with Crippen molar-refractivity contribution in [2.45, 2.75) is 19.4 Å². The van der Waals surface area contributed by atoms with E-state index in [0.717, 1.165) is 15.7 Å². The molecule has 2 aromatic rings. The predicted molar refractivity (Wildman–Crippen MR) is 72.7 cm³/mol. The Kier molecular flexibility index (Phi) is 3.82. The minimum Gasteiger partial charge on any atom is -0.324 e. The van der Waals surface area contributed by atoms with Crippen molar-refractivity contribution < 1.29 is 4.39 Å². The molecule has 0 saturated heterocycles. The van der Waals surface area contributed by atoms with E-state index in [1.807, 2.05) is 14.0 Å². The number of hydrogen-bond acceptors (Lipinski definition) is 2. The second kappa shape index (κ2) is 5.20. The minimum absolute atomic E-state index is 0.227. The summed E-state index contributed by atoms with van der Waals surface area (Å²) in [4.78, 5) is 0. The second-order valence-electron chi connectivity index (χ2n) is 4.36. The van der Waals surface area contributed by atoms with Crippen LogP contribution in [-0.2, 0) is 13.5 Å². The molecule has 18 heavy (non-hydrogen) atoms. The highest BCUT2D eigenvalue weighted by Crippen LogP contribution is 2.22. The molecule has 96 valence electrons. The zero-order chi connectivity index (χ0) is 13.3. The van der Waals surface area contributed by atoms with Crippen molar-refractivity contribution in [3.63, 3.8) is 0 Å². The molecule has 1 atom stereocenters. The molecule has 0 aliphatic rings. The number of aryl methyl sites for hydroxylation is 1. The summed E-state index contributed by atoms with van der Waals surface area (Å²) < 4.78 is 16.3. The van der Waals surface area contributed by atoms with Crippen LogP contribution in [-0.4, -0.2) is 9.78 Å². The van der Waals surface area contributed by atoms with Gasteiger partial charge in [0.2, 0.25) is 0 Å². The van der Waals surface area contributed by atoms with Gasteiger partial charge in [-0.25, -0.2) is 4.39 Å². The Balaban J connectivity index is 2.23. The summed E-state index contributed by atoms with van der Waals surface area (Å²) in [5, 5.41) is 4.15. The van der Waals surface area contributed by atoms with Gasteiger partial charge >= 0.3 is 0 Å². The third-order valence-electron chi connectivity index (χ3n) is 3.12. The first-order valence-corrected chi connectivity index (χ1v) is 6.46. The standard InChI is InChI=1S/C13H15BrFN3/c1-8-11(7-17-18(8)2)13(16)6-9-5-10(14)3-4-12(9)15/h3-5,7,13H,6,16H2,1-2H3. The van der Waals surface area contributed by atoms with Crippen LogP contribution >= 0.6 is 15.9 Å². The molecular weight excluding hydrogens is 297 g/mol. The van der Waals surface area contributed by atoms with E-state index in [0.29, 0.717) is 12.0 Å². The lowest BCUT2D eigenvalue weighted by Gasteiger charge is -2.12. The molecule has 0 bridgehead atoms. The molecule has 1 heterocycles. The smallest absolute Gasteiger partial charge is 0.126 e. The van der Waals surface area contributed by atoms with Crippen LogP contribution in [0.15, 0.2) is 28.9 Å². The molecule has 1 aromatic carbocycles. The van der Waals surface area contributed by atoms with E-state index in [2.05, 4.69) is 21.0 Å². The number of halogens is 2. The average Bonchev–Trinajstić information content (AvgIpc) is 2.65. The third-order valence-corrected chi connectivity index (χ3v) is 3.61. The van der Waals surface area contributed by atoms with Crippen LogP contribution in [0.4, 0.5) is 4.39 Å². The number of aromatic nitrogens is 2. The summed E-state index contributed by atoms with van der Waals surface area (Å²) in [6.45, 7) is 1.96. The van der Waals surface area contributed by atoms with Gasteiger partial charge in [0.05, 0.1) is 6.20 Å². The monoisotopic (exact) mass is 311 g/mol. The van der Waals surface area contributed by atoms with Crippen molar-refractivity contribution in [3.05, 3.63) is 51.5 Å². The molecule has 1 aromatic heterocycles. The van der Waals surface area contributed by atoms with E-state index in [9.17, 15) is 4.39 Å². The van der Waals surface area contributed by atoms with Gasteiger partial charge in [0.1, 0.15) is 5.82 Å². The fourth-order valence-corrected chi connectivity index (χ4v) is 2.33. The maximum absolute atomic E-state index is 13.7. The maximum atomic E-state index is 13.7. The Bertz CT molecular complexity index is 565. The molecule has 0 fully saturated rings. The summed E-state index contributed by atoms with van der Waals surface area (Å²) in [6.07, 6.45) is 2.20. The van der Waals surface area contributed by atoms with Crippen molar-refractivity contribution in [1.82, 2.24) is 9.78 Å². The Hall–Kier alpha value is -1.20. The fraction of sp³-hybridized carbons (Fsp3) is 0.308. The molecule has 0 aliphatic heterocycles. The molecule has 5 heteroatoms. The van der Waals surface area contributed by atoms with Gasteiger partial charge in [0.15, 0.2) is 0 Å². The van der Waals surface area contributed by atoms with Crippen LogP contribution in [0.2, 0.25) is 0 Å². The third kappa shape index (κ3) is 2.62. The molecule has 1 unspecified atom stereocenters. The quantitative estimate of drug-likeness (QED) is 0.947. The van der Waals surface area contributed by atoms with E-state index in [4.69, 9.17) is 5.73 Å². The number of nitrogens with two attached hydrogens (primary N) is 1. The van der Waals surface area contributed by atoms with Crippen molar-refractivity contribution >= 4 is 15.9 Å². The Labute approximate surface area is 114 Å². The van der Waals surface area contributed by atoms with E-state index in [1.165, 1.54) is 6.07 Å². The van der Waals surface area contributed by atoms with Gasteiger partial charge < -0.3 is 5.73 Å². The normalized spacial score (nSPS) is 12.7. The number of rotatable bonds is 3. The molecule has 0 amide bonds. The summed E-state index contributed by atoms with van der Waals surface area (Å²) in [5.41, 5.74) is 8.70. The van der Waals surface area contributed by atoms with Crippen LogP contribution < -0.4 is 5.73 Å². The van der Waals surface area contributed by atoms with Gasteiger partial charge in [-0.2, -0.15) is 5.10 Å². The number of nitrogens with zero attached hydrogens (tertiary/aromatic N) is 2. The molecule has 0 radical (unpaired) electrons. The SMILES string of the molecule is Cc1c(C(N)Cc2cc(Br)ccc2F)cnn1C. The van der Waals surface area contributed by atoms with Gasteiger partial charge in [-0.1, -0.05) is 15.9 Å². The largest absolute Gasteiger partial charge is 0.324 e. The highest BCUT2D eigenvalue weighted by atomic mass is 79.9. The van der Waals surface area contributed by atoms with E-state index < -0.39 is 0 Å². The van der Waals surface area contributed by atoms with Gasteiger partial charge in [0.25, 0.3) is 0 Å². The number of hydrogen-bond donors (Lipinski definition) is 1. The molecule has 2 rings (SSSR count). The van der Waals surface area contributed by atoms with Crippen LogP contribution in [0.3, 0.4) is 0 Å². The van der Waals surface area contributed by atoms with Crippen LogP contribution in [0.25, 0.3) is 0 Å². The highest BCUT2D eigenvalue weighted by molar-refractivity contribution is 9.10. The topological polar surface area (TPSA) is 43.8 Å². The highest BCUT2D eigenvalue weighted by Gasteiger charge is 2.15. The van der Waals surface area contributed by atoms with Gasteiger partial charge in [-0.15, -0.1) is 0 Å². The first-order chi connectivity index (χ1) is 8.49. The molecule has 0 saturated carbocycles. The lowest BCUT2D eigenvalue weighted by Crippen LogP contribution is -2.15. The lowest BCUT2D eigenvalue weighted by molar-refractivity contribution is 0.592. The van der Waals surface area contributed by atoms with Gasteiger partial charge in [-0.05, 0) is 37.1 Å². The second-order valence-corrected chi connectivity index (χ2v) is 5.27.